The Morgan fingerprint density at radius 3 is 2.57 bits per heavy atom. The number of phenolic OH excluding ortho intramolecular Hbond substituents is 1. The maximum atomic E-state index is 12.8. The Morgan fingerprint density at radius 2 is 1.90 bits per heavy atom. The highest BCUT2D eigenvalue weighted by atomic mass is 16.3. The molecule has 0 aliphatic rings. The van der Waals surface area contributed by atoms with Crippen molar-refractivity contribution in [3.63, 3.8) is 0 Å². The lowest BCUT2D eigenvalue weighted by Crippen LogP contribution is -2.32. The van der Waals surface area contributed by atoms with Crippen molar-refractivity contribution in [2.24, 2.45) is 0 Å². The molecule has 0 radical (unpaired) electrons. The second kappa shape index (κ2) is 6.79. The number of carbonyl (C=O) groups excluding carboxylic acids is 1. The third kappa shape index (κ3) is 3.54. The summed E-state index contributed by atoms with van der Waals surface area (Å²) in [5.74, 6) is -0.154. The number of unbranched alkanes of at least 4 members (excludes halogenated alkanes) is 1. The van der Waals surface area contributed by atoms with Gasteiger partial charge < -0.3 is 15.7 Å². The zero-order valence-corrected chi connectivity index (χ0v) is 12.1. The number of anilines is 2. The first-order valence-corrected chi connectivity index (χ1v) is 7.09. The third-order valence-corrected chi connectivity index (χ3v) is 3.32. The predicted octanol–water partition coefficient (Wildman–Crippen LogP) is 3.42. The number of aromatic hydroxyl groups is 1. The van der Waals surface area contributed by atoms with E-state index in [4.69, 9.17) is 5.73 Å². The van der Waals surface area contributed by atoms with Crippen molar-refractivity contribution in [2.75, 3.05) is 17.2 Å². The van der Waals surface area contributed by atoms with E-state index in [9.17, 15) is 9.90 Å². The van der Waals surface area contributed by atoms with E-state index in [1.807, 2.05) is 30.3 Å². The van der Waals surface area contributed by atoms with Gasteiger partial charge in [0.25, 0.3) is 5.91 Å². The maximum Gasteiger partial charge on any atom is 0.260 e. The molecule has 0 unspecified atom stereocenters. The number of benzene rings is 2. The largest absolute Gasteiger partial charge is 0.508 e. The van der Waals surface area contributed by atoms with Gasteiger partial charge in [-0.2, -0.15) is 0 Å². The van der Waals surface area contributed by atoms with Crippen LogP contribution in [0.3, 0.4) is 0 Å². The summed E-state index contributed by atoms with van der Waals surface area (Å²) in [6.45, 7) is 2.70. The summed E-state index contributed by atoms with van der Waals surface area (Å²) < 4.78 is 0. The summed E-state index contributed by atoms with van der Waals surface area (Å²) in [5, 5.41) is 9.59. The van der Waals surface area contributed by atoms with Crippen molar-refractivity contribution in [2.45, 2.75) is 19.8 Å². The minimum atomic E-state index is -0.192. The predicted molar refractivity (Wildman–Crippen MR) is 85.5 cm³/mol. The molecule has 4 nitrogen and oxygen atoms in total. The quantitative estimate of drug-likeness (QED) is 0.653. The molecule has 0 saturated heterocycles. The summed E-state index contributed by atoms with van der Waals surface area (Å²) >= 11 is 0. The van der Waals surface area contributed by atoms with Crippen LogP contribution in [0.5, 0.6) is 5.75 Å². The second-order valence-electron chi connectivity index (χ2n) is 4.92. The third-order valence-electron chi connectivity index (χ3n) is 3.32. The van der Waals surface area contributed by atoms with Crippen molar-refractivity contribution in [3.8, 4) is 5.75 Å². The minimum Gasteiger partial charge on any atom is -0.508 e. The fourth-order valence-corrected chi connectivity index (χ4v) is 2.15. The van der Waals surface area contributed by atoms with Crippen LogP contribution in [-0.2, 0) is 0 Å². The van der Waals surface area contributed by atoms with Crippen LogP contribution in [0.15, 0.2) is 48.5 Å². The average Bonchev–Trinajstić information content (AvgIpc) is 2.51. The Morgan fingerprint density at radius 1 is 1.19 bits per heavy atom. The lowest BCUT2D eigenvalue weighted by atomic mass is 10.1. The van der Waals surface area contributed by atoms with E-state index in [1.165, 1.54) is 12.1 Å². The van der Waals surface area contributed by atoms with Crippen molar-refractivity contribution >= 4 is 17.3 Å². The van der Waals surface area contributed by atoms with E-state index in [0.717, 1.165) is 18.5 Å². The highest BCUT2D eigenvalue weighted by Gasteiger charge is 2.19. The highest BCUT2D eigenvalue weighted by molar-refractivity contribution is 6.09. The first-order valence-electron chi connectivity index (χ1n) is 7.09. The van der Waals surface area contributed by atoms with E-state index in [-0.39, 0.29) is 11.7 Å². The summed E-state index contributed by atoms with van der Waals surface area (Å²) in [7, 11) is 0. The Kier molecular flexibility index (Phi) is 4.82. The number of nitrogen functional groups attached to an aromatic ring is 1. The van der Waals surface area contributed by atoms with Crippen LogP contribution in [0.2, 0.25) is 0 Å². The van der Waals surface area contributed by atoms with Gasteiger partial charge in [-0.25, -0.2) is 0 Å². The number of nitrogens with zero attached hydrogens (tertiary/aromatic N) is 1. The van der Waals surface area contributed by atoms with Crippen molar-refractivity contribution in [3.05, 3.63) is 54.1 Å². The molecule has 4 heteroatoms. The minimum absolute atomic E-state index is 0.0380. The first kappa shape index (κ1) is 14.9. The SMILES string of the molecule is CCCCN(C(=O)c1cc(O)ccc1N)c1ccccc1. The molecule has 110 valence electrons. The molecule has 0 aromatic heterocycles. The lowest BCUT2D eigenvalue weighted by Gasteiger charge is -2.23. The number of amides is 1. The molecule has 0 saturated carbocycles. The molecule has 2 rings (SSSR count). The average molecular weight is 284 g/mol. The monoisotopic (exact) mass is 284 g/mol. The molecule has 0 bridgehead atoms. The normalized spacial score (nSPS) is 10.3. The summed E-state index contributed by atoms with van der Waals surface area (Å²) in [6.07, 6.45) is 1.89. The molecule has 0 fully saturated rings. The summed E-state index contributed by atoms with van der Waals surface area (Å²) in [5.41, 5.74) is 7.41. The Balaban J connectivity index is 2.36. The highest BCUT2D eigenvalue weighted by Crippen LogP contribution is 2.23. The number of hydrogen-bond donors (Lipinski definition) is 2. The smallest absolute Gasteiger partial charge is 0.260 e. The maximum absolute atomic E-state index is 12.8. The first-order chi connectivity index (χ1) is 10.1. The van der Waals surface area contributed by atoms with Gasteiger partial charge in [-0.05, 0) is 36.8 Å². The van der Waals surface area contributed by atoms with Crippen molar-refractivity contribution in [1.29, 1.82) is 0 Å². The van der Waals surface area contributed by atoms with Gasteiger partial charge in [-0.15, -0.1) is 0 Å². The van der Waals surface area contributed by atoms with Gasteiger partial charge >= 0.3 is 0 Å². The Labute approximate surface area is 124 Å². The van der Waals surface area contributed by atoms with Crippen LogP contribution in [0, 0.1) is 0 Å². The number of rotatable bonds is 5. The van der Waals surface area contributed by atoms with Crippen LogP contribution in [-0.4, -0.2) is 17.6 Å². The molecule has 0 aliphatic heterocycles. The van der Waals surface area contributed by atoms with Crippen molar-refractivity contribution in [1.82, 2.24) is 0 Å². The van der Waals surface area contributed by atoms with Gasteiger partial charge in [0, 0.05) is 17.9 Å². The number of carbonyl (C=O) groups is 1. The van der Waals surface area contributed by atoms with E-state index >= 15 is 0 Å². The molecule has 2 aromatic rings. The molecule has 2 aromatic carbocycles. The van der Waals surface area contributed by atoms with Crippen LogP contribution < -0.4 is 10.6 Å². The molecular formula is C17H20N2O2. The summed E-state index contributed by atoms with van der Waals surface area (Å²) in [4.78, 5) is 14.5. The molecule has 0 aliphatic carbocycles. The molecule has 0 spiro atoms. The van der Waals surface area contributed by atoms with Gasteiger partial charge in [0.15, 0.2) is 0 Å². The molecule has 1 amide bonds. The zero-order chi connectivity index (χ0) is 15.2. The topological polar surface area (TPSA) is 66.6 Å². The fourth-order valence-electron chi connectivity index (χ4n) is 2.15. The molecule has 3 N–H and O–H groups in total. The Bertz CT molecular complexity index is 611. The van der Waals surface area contributed by atoms with Crippen LogP contribution in [0.25, 0.3) is 0 Å². The molecule has 21 heavy (non-hydrogen) atoms. The second-order valence-corrected chi connectivity index (χ2v) is 4.92. The van der Waals surface area contributed by atoms with Crippen LogP contribution >= 0.6 is 0 Å². The zero-order valence-electron chi connectivity index (χ0n) is 12.1. The fraction of sp³-hybridized carbons (Fsp3) is 0.235. The van der Waals surface area contributed by atoms with E-state index in [1.54, 1.807) is 11.0 Å². The number of phenols is 1. The van der Waals surface area contributed by atoms with Gasteiger partial charge in [-0.1, -0.05) is 31.5 Å². The number of nitrogens with two attached hydrogens (primary N) is 1. The summed E-state index contributed by atoms with van der Waals surface area (Å²) in [6, 6.07) is 13.9. The van der Waals surface area contributed by atoms with E-state index in [0.29, 0.717) is 17.8 Å². The number of hydrogen-bond acceptors (Lipinski definition) is 3. The van der Waals surface area contributed by atoms with E-state index < -0.39 is 0 Å². The van der Waals surface area contributed by atoms with Crippen molar-refractivity contribution < 1.29 is 9.90 Å². The molecule has 0 atom stereocenters. The van der Waals surface area contributed by atoms with Gasteiger partial charge in [0.1, 0.15) is 5.75 Å². The standard InChI is InChI=1S/C17H20N2O2/c1-2-3-11-19(13-7-5-4-6-8-13)17(21)15-12-14(20)9-10-16(15)18/h4-10,12,20H,2-3,11,18H2,1H3. The van der Waals surface area contributed by atoms with Gasteiger partial charge in [0.05, 0.1) is 5.56 Å². The Hall–Kier alpha value is -2.49. The van der Waals surface area contributed by atoms with Gasteiger partial charge in [0.2, 0.25) is 0 Å². The number of para-hydroxylation sites is 1. The molecular weight excluding hydrogens is 264 g/mol. The lowest BCUT2D eigenvalue weighted by molar-refractivity contribution is 0.0987. The van der Waals surface area contributed by atoms with Crippen LogP contribution in [0.1, 0.15) is 30.1 Å². The van der Waals surface area contributed by atoms with Crippen LogP contribution in [0.4, 0.5) is 11.4 Å². The molecule has 0 heterocycles. The van der Waals surface area contributed by atoms with E-state index in [2.05, 4.69) is 6.92 Å². The van der Waals surface area contributed by atoms with Gasteiger partial charge in [-0.3, -0.25) is 4.79 Å².